The molecule has 1 aliphatic rings. The van der Waals surface area contributed by atoms with Crippen LogP contribution in [-0.2, 0) is 21.8 Å². The van der Waals surface area contributed by atoms with Gasteiger partial charge < -0.3 is 14.0 Å². The first-order chi connectivity index (χ1) is 13.6. The average molecular weight is 441 g/mol. The first-order valence-corrected chi connectivity index (χ1v) is 11.3. The fourth-order valence-corrected chi connectivity index (χ4v) is 5.66. The van der Waals surface area contributed by atoms with Crippen molar-refractivity contribution in [3.63, 3.8) is 0 Å². The quantitative estimate of drug-likeness (QED) is 0.660. The van der Waals surface area contributed by atoms with Crippen molar-refractivity contribution < 1.29 is 22.7 Å². The number of carbonyl (C=O) groups excluding carboxylic acids is 1. The van der Waals surface area contributed by atoms with Gasteiger partial charge >= 0.3 is 5.97 Å². The van der Waals surface area contributed by atoms with Crippen LogP contribution in [0, 0.1) is 13.8 Å². The van der Waals surface area contributed by atoms with Gasteiger partial charge in [0.15, 0.2) is 0 Å². The number of carbonyl (C=O) groups is 1. The molecular weight excluding hydrogens is 416 g/mol. The third-order valence-electron chi connectivity index (χ3n) is 5.26. The maximum atomic E-state index is 13.8. The predicted molar refractivity (Wildman–Crippen MR) is 112 cm³/mol. The highest BCUT2D eigenvalue weighted by molar-refractivity contribution is 7.93. The second-order valence-corrected chi connectivity index (χ2v) is 9.19. The molecule has 0 aliphatic carbocycles. The molecule has 2 heterocycles. The van der Waals surface area contributed by atoms with Gasteiger partial charge in [-0.05, 0) is 45.4 Å². The number of nitrogens with zero attached hydrogens (tertiary/aromatic N) is 2. The Balaban J connectivity index is 2.24. The van der Waals surface area contributed by atoms with Crippen molar-refractivity contribution in [3.05, 3.63) is 40.2 Å². The fourth-order valence-electron chi connectivity index (χ4n) is 3.51. The molecule has 0 N–H and O–H groups in total. The second-order valence-electron chi connectivity index (χ2n) is 6.95. The van der Waals surface area contributed by atoms with Crippen LogP contribution in [0.4, 0.5) is 5.69 Å². The zero-order valence-corrected chi connectivity index (χ0v) is 18.7. The van der Waals surface area contributed by atoms with Crippen molar-refractivity contribution in [1.29, 1.82) is 0 Å². The molecule has 1 atom stereocenters. The molecule has 0 bridgehead atoms. The Kier molecular flexibility index (Phi) is 5.87. The van der Waals surface area contributed by atoms with Crippen molar-refractivity contribution in [2.24, 2.45) is 7.05 Å². The van der Waals surface area contributed by atoms with Gasteiger partial charge in [0.1, 0.15) is 22.3 Å². The van der Waals surface area contributed by atoms with E-state index in [0.29, 0.717) is 34.3 Å². The number of esters is 1. The van der Waals surface area contributed by atoms with E-state index >= 15 is 0 Å². The van der Waals surface area contributed by atoms with Crippen LogP contribution in [0.25, 0.3) is 0 Å². The molecular formula is C20H25ClN2O5S. The SMILES string of the molecule is CCOC(=O)c1c(S(=O)(=O)N2C[C@@H](CC)Oc3ccc(Cl)cc32)c(C)n(C)c1C. The lowest BCUT2D eigenvalue weighted by atomic mass is 10.2. The fraction of sp³-hybridized carbons (Fsp3) is 0.450. The van der Waals surface area contributed by atoms with E-state index in [1.54, 1.807) is 50.6 Å². The number of hydrogen-bond donors (Lipinski definition) is 0. The molecule has 0 radical (unpaired) electrons. The molecule has 0 spiro atoms. The highest BCUT2D eigenvalue weighted by atomic mass is 35.5. The first kappa shape index (κ1) is 21.5. The van der Waals surface area contributed by atoms with Crippen LogP contribution in [0.3, 0.4) is 0 Å². The minimum absolute atomic E-state index is 0.0429. The van der Waals surface area contributed by atoms with Crippen LogP contribution >= 0.6 is 11.6 Å². The van der Waals surface area contributed by atoms with Crippen molar-refractivity contribution in [2.45, 2.75) is 45.1 Å². The second kappa shape index (κ2) is 7.91. The summed E-state index contributed by atoms with van der Waals surface area (Å²) in [6.07, 6.45) is 0.320. The van der Waals surface area contributed by atoms with Crippen molar-refractivity contribution in [1.82, 2.24) is 4.57 Å². The Morgan fingerprint density at radius 1 is 1.28 bits per heavy atom. The van der Waals surface area contributed by atoms with Gasteiger partial charge in [-0.2, -0.15) is 0 Å². The van der Waals surface area contributed by atoms with Gasteiger partial charge in [-0.1, -0.05) is 18.5 Å². The molecule has 0 amide bonds. The van der Waals surface area contributed by atoms with E-state index in [2.05, 4.69) is 0 Å². The zero-order chi connectivity index (χ0) is 21.5. The van der Waals surface area contributed by atoms with E-state index in [9.17, 15) is 13.2 Å². The number of ether oxygens (including phenoxy) is 2. The van der Waals surface area contributed by atoms with Crippen LogP contribution in [0.2, 0.25) is 5.02 Å². The van der Waals surface area contributed by atoms with Crippen LogP contribution in [0.15, 0.2) is 23.1 Å². The van der Waals surface area contributed by atoms with E-state index in [4.69, 9.17) is 21.1 Å². The summed E-state index contributed by atoms with van der Waals surface area (Å²) in [6.45, 7) is 7.28. The van der Waals surface area contributed by atoms with Crippen molar-refractivity contribution in [2.75, 3.05) is 17.5 Å². The molecule has 3 rings (SSSR count). The van der Waals surface area contributed by atoms with Crippen molar-refractivity contribution in [3.8, 4) is 5.75 Å². The Morgan fingerprint density at radius 3 is 2.59 bits per heavy atom. The summed E-state index contributed by atoms with van der Waals surface area (Å²) < 4.78 is 41.7. The van der Waals surface area contributed by atoms with Crippen molar-refractivity contribution >= 4 is 33.3 Å². The molecule has 7 nitrogen and oxygen atoms in total. The largest absolute Gasteiger partial charge is 0.486 e. The summed E-state index contributed by atoms with van der Waals surface area (Å²) >= 11 is 6.14. The smallest absolute Gasteiger partial charge is 0.341 e. The number of benzene rings is 1. The molecule has 1 aliphatic heterocycles. The first-order valence-electron chi connectivity index (χ1n) is 9.45. The summed E-state index contributed by atoms with van der Waals surface area (Å²) in [5.41, 5.74) is 1.42. The summed E-state index contributed by atoms with van der Waals surface area (Å²) in [7, 11) is -2.36. The van der Waals surface area contributed by atoms with E-state index in [0.717, 1.165) is 0 Å². The third-order valence-corrected chi connectivity index (χ3v) is 7.44. The summed E-state index contributed by atoms with van der Waals surface area (Å²) in [5, 5.41) is 0.397. The Bertz CT molecular complexity index is 1060. The Hall–Kier alpha value is -2.19. The number of rotatable bonds is 5. The molecule has 2 aromatic rings. The Morgan fingerprint density at radius 2 is 1.97 bits per heavy atom. The van der Waals surface area contributed by atoms with E-state index in [1.165, 1.54) is 4.31 Å². The van der Waals surface area contributed by atoms with Gasteiger partial charge in [0.05, 0.1) is 18.8 Å². The lowest BCUT2D eigenvalue weighted by molar-refractivity contribution is 0.0521. The lowest BCUT2D eigenvalue weighted by Crippen LogP contribution is -2.43. The van der Waals surface area contributed by atoms with Crippen LogP contribution in [0.1, 0.15) is 42.0 Å². The highest BCUT2D eigenvalue weighted by Crippen LogP contribution is 2.41. The summed E-state index contributed by atoms with van der Waals surface area (Å²) in [4.78, 5) is 12.6. The normalized spacial score (nSPS) is 16.3. The van der Waals surface area contributed by atoms with Crippen LogP contribution < -0.4 is 9.04 Å². The maximum absolute atomic E-state index is 13.8. The molecule has 0 fully saturated rings. The number of hydrogen-bond acceptors (Lipinski definition) is 5. The number of aromatic nitrogens is 1. The molecule has 0 saturated carbocycles. The van der Waals surface area contributed by atoms with Gasteiger partial charge in [-0.25, -0.2) is 13.2 Å². The zero-order valence-electron chi connectivity index (χ0n) is 17.2. The third kappa shape index (κ3) is 3.59. The molecule has 1 aromatic heterocycles. The average Bonchev–Trinajstić information content (AvgIpc) is 2.91. The predicted octanol–water partition coefficient (Wildman–Crippen LogP) is 3.84. The number of sulfonamides is 1. The number of fused-ring (bicyclic) bond motifs is 1. The topological polar surface area (TPSA) is 77.8 Å². The van der Waals surface area contributed by atoms with Crippen LogP contribution in [0.5, 0.6) is 5.75 Å². The molecule has 0 unspecified atom stereocenters. The molecule has 158 valence electrons. The van der Waals surface area contributed by atoms with Gasteiger partial charge in [0.2, 0.25) is 0 Å². The monoisotopic (exact) mass is 440 g/mol. The summed E-state index contributed by atoms with van der Waals surface area (Å²) in [6, 6.07) is 4.89. The number of anilines is 1. The minimum atomic E-state index is -4.09. The van der Waals surface area contributed by atoms with Gasteiger partial charge in [-0.15, -0.1) is 0 Å². The number of halogens is 1. The summed E-state index contributed by atoms with van der Waals surface area (Å²) in [5.74, 6) is -0.210. The minimum Gasteiger partial charge on any atom is -0.486 e. The van der Waals surface area contributed by atoms with Gasteiger partial charge in [-0.3, -0.25) is 4.31 Å². The van der Waals surface area contributed by atoms with E-state index < -0.39 is 16.0 Å². The molecule has 29 heavy (non-hydrogen) atoms. The standard InChI is InChI=1S/C20H25ClN2O5S/c1-6-15-11-23(16-10-14(21)8-9-17(16)28-15)29(25,26)19-13(4)22(5)12(3)18(19)20(24)27-7-2/h8-10,15H,6-7,11H2,1-5H3/t15-/m1/s1. The molecule has 9 heteroatoms. The molecule has 0 saturated heterocycles. The van der Waals surface area contributed by atoms with Crippen LogP contribution in [-0.4, -0.2) is 38.2 Å². The van der Waals surface area contributed by atoms with E-state index in [1.807, 2.05) is 6.92 Å². The maximum Gasteiger partial charge on any atom is 0.341 e. The van der Waals surface area contributed by atoms with Gasteiger partial charge in [0, 0.05) is 23.5 Å². The van der Waals surface area contributed by atoms with Gasteiger partial charge in [0.25, 0.3) is 10.0 Å². The Labute approximate surface area is 176 Å². The van der Waals surface area contributed by atoms with E-state index in [-0.39, 0.29) is 29.7 Å². The molecule has 1 aromatic carbocycles. The highest BCUT2D eigenvalue weighted by Gasteiger charge is 2.39. The lowest BCUT2D eigenvalue weighted by Gasteiger charge is -2.35.